The summed E-state index contributed by atoms with van der Waals surface area (Å²) in [6.07, 6.45) is 0. The molecule has 6 rings (SSSR count). The number of amides is 1. The number of carbonyl (C=O) groups excluding carboxylic acids is 2. The fourth-order valence-electron chi connectivity index (χ4n) is 5.22. The van der Waals surface area contributed by atoms with E-state index in [1.165, 1.54) is 46.2 Å². The highest BCUT2D eigenvalue weighted by Gasteiger charge is 2.48. The minimum Gasteiger partial charge on any atom is -0.507 e. The van der Waals surface area contributed by atoms with Gasteiger partial charge in [0.1, 0.15) is 11.6 Å². The van der Waals surface area contributed by atoms with Crippen molar-refractivity contribution in [2.45, 2.75) is 42.8 Å². The number of benzene rings is 4. The summed E-state index contributed by atoms with van der Waals surface area (Å²) in [6, 6.07) is 25.2. The van der Waals surface area contributed by atoms with E-state index in [0.717, 1.165) is 21.9 Å². The average Bonchev–Trinajstić information content (AvgIpc) is 3.58. The van der Waals surface area contributed by atoms with Crippen molar-refractivity contribution in [2.75, 3.05) is 4.90 Å². The van der Waals surface area contributed by atoms with E-state index < -0.39 is 29.3 Å². The van der Waals surface area contributed by atoms with Gasteiger partial charge in [0.2, 0.25) is 5.13 Å². The van der Waals surface area contributed by atoms with Crippen LogP contribution in [0.2, 0.25) is 0 Å². The molecule has 9 heteroatoms. The predicted molar refractivity (Wildman–Crippen MR) is 170 cm³/mol. The number of rotatable bonds is 7. The summed E-state index contributed by atoms with van der Waals surface area (Å²) in [6.45, 7) is 5.76. The molecule has 1 aromatic heterocycles. The van der Waals surface area contributed by atoms with Gasteiger partial charge in [-0.25, -0.2) is 4.39 Å². The van der Waals surface area contributed by atoms with Crippen LogP contribution in [0.4, 0.5) is 9.52 Å². The molecular formula is C34H28FN3O3S2. The van der Waals surface area contributed by atoms with E-state index >= 15 is 0 Å². The molecule has 1 amide bonds. The van der Waals surface area contributed by atoms with E-state index in [4.69, 9.17) is 0 Å². The van der Waals surface area contributed by atoms with Gasteiger partial charge in [0, 0.05) is 11.3 Å². The maximum atomic E-state index is 14.5. The second-order valence-electron chi connectivity index (χ2n) is 10.7. The lowest BCUT2D eigenvalue weighted by Crippen LogP contribution is -2.29. The standard InChI is InChI=1S/C34H28FN3O3S2/c1-19(2)21-13-15-23(16-14-21)29-28(30(39)24-12-11-20(3)27(35)17-24)31(40)32(41)38(29)33-36-37-34(43-33)42-18-25-9-6-8-22-7-4-5-10-26(22)25/h4-17,19,29,39H,18H2,1-3H3/b30-28+. The van der Waals surface area contributed by atoms with Crippen LogP contribution in [-0.2, 0) is 15.3 Å². The number of hydrogen-bond acceptors (Lipinski definition) is 7. The number of Topliss-reactive ketones (excluding diaryl/α,β-unsaturated/α-hetero) is 1. The van der Waals surface area contributed by atoms with E-state index in [0.29, 0.717) is 21.2 Å². The number of fused-ring (bicyclic) bond motifs is 1. The zero-order valence-corrected chi connectivity index (χ0v) is 25.4. The van der Waals surface area contributed by atoms with Crippen LogP contribution in [0.15, 0.2) is 94.8 Å². The van der Waals surface area contributed by atoms with E-state index in [-0.39, 0.29) is 22.2 Å². The second kappa shape index (κ2) is 11.7. The van der Waals surface area contributed by atoms with Crippen molar-refractivity contribution in [3.63, 3.8) is 0 Å². The maximum Gasteiger partial charge on any atom is 0.301 e. The van der Waals surface area contributed by atoms with Crippen molar-refractivity contribution < 1.29 is 19.1 Å². The zero-order chi connectivity index (χ0) is 30.2. The number of halogens is 1. The minimum atomic E-state index is -0.963. The van der Waals surface area contributed by atoms with E-state index in [1.807, 2.05) is 42.5 Å². The third kappa shape index (κ3) is 5.46. The van der Waals surface area contributed by atoms with Gasteiger partial charge in [0.15, 0.2) is 4.34 Å². The predicted octanol–water partition coefficient (Wildman–Crippen LogP) is 8.18. The number of hydrogen-bond donors (Lipinski definition) is 1. The molecule has 216 valence electrons. The third-order valence-electron chi connectivity index (χ3n) is 7.64. The number of ketones is 1. The van der Waals surface area contributed by atoms with E-state index in [9.17, 15) is 19.1 Å². The van der Waals surface area contributed by atoms with Gasteiger partial charge in [-0.3, -0.25) is 14.5 Å². The molecular weight excluding hydrogens is 582 g/mol. The van der Waals surface area contributed by atoms with E-state index in [2.05, 4.69) is 48.3 Å². The molecule has 1 aliphatic heterocycles. The monoisotopic (exact) mass is 609 g/mol. The molecule has 1 unspecified atom stereocenters. The highest BCUT2D eigenvalue weighted by molar-refractivity contribution is 8.00. The van der Waals surface area contributed by atoms with Crippen LogP contribution in [-0.4, -0.2) is 27.0 Å². The third-order valence-corrected chi connectivity index (χ3v) is 9.75. The Morgan fingerprint density at radius 1 is 1.00 bits per heavy atom. The number of aliphatic hydroxyl groups is 1. The van der Waals surface area contributed by atoms with Gasteiger partial charge in [0.25, 0.3) is 5.78 Å². The summed E-state index contributed by atoms with van der Waals surface area (Å²) in [5.74, 6) is -1.72. The van der Waals surface area contributed by atoms with Gasteiger partial charge in [0.05, 0.1) is 11.6 Å². The summed E-state index contributed by atoms with van der Waals surface area (Å²) in [4.78, 5) is 28.4. The van der Waals surface area contributed by atoms with Crippen LogP contribution in [0.3, 0.4) is 0 Å². The first-order valence-corrected chi connectivity index (χ1v) is 15.6. The number of carbonyl (C=O) groups is 2. The number of aliphatic hydroxyl groups excluding tert-OH is 1. The summed E-state index contributed by atoms with van der Waals surface area (Å²) >= 11 is 2.71. The Labute approximate surface area is 256 Å². The fraction of sp³-hybridized carbons (Fsp3) is 0.176. The van der Waals surface area contributed by atoms with E-state index in [1.54, 1.807) is 6.92 Å². The number of nitrogens with zero attached hydrogens (tertiary/aromatic N) is 3. The zero-order valence-electron chi connectivity index (χ0n) is 23.7. The first-order valence-electron chi connectivity index (χ1n) is 13.8. The number of thioether (sulfide) groups is 1. The Morgan fingerprint density at radius 3 is 2.49 bits per heavy atom. The van der Waals surface area contributed by atoms with Crippen LogP contribution in [0.1, 0.15) is 53.6 Å². The summed E-state index contributed by atoms with van der Waals surface area (Å²) in [5.41, 5.74) is 3.26. The van der Waals surface area contributed by atoms with Crippen LogP contribution in [0.5, 0.6) is 0 Å². The number of anilines is 1. The fourth-order valence-corrected chi connectivity index (χ4v) is 7.09. The molecule has 0 radical (unpaired) electrons. The molecule has 4 aromatic carbocycles. The van der Waals surface area contributed by atoms with Gasteiger partial charge in [-0.2, -0.15) is 0 Å². The minimum absolute atomic E-state index is 0.119. The second-order valence-corrected chi connectivity index (χ2v) is 12.9. The first-order chi connectivity index (χ1) is 20.7. The number of aryl methyl sites for hydroxylation is 1. The maximum absolute atomic E-state index is 14.5. The van der Waals surface area contributed by atoms with Crippen molar-refractivity contribution in [3.8, 4) is 0 Å². The smallest absolute Gasteiger partial charge is 0.301 e. The largest absolute Gasteiger partial charge is 0.507 e. The highest BCUT2D eigenvalue weighted by atomic mass is 32.2. The quantitative estimate of drug-likeness (QED) is 0.0659. The summed E-state index contributed by atoms with van der Waals surface area (Å²) in [7, 11) is 0. The Hall–Kier alpha value is -4.34. The number of aromatic nitrogens is 2. The van der Waals surface area contributed by atoms with Crippen LogP contribution < -0.4 is 4.90 Å². The Morgan fingerprint density at radius 2 is 1.74 bits per heavy atom. The lowest BCUT2D eigenvalue weighted by Gasteiger charge is -2.23. The Bertz CT molecular complexity index is 1890. The molecule has 0 saturated carbocycles. The van der Waals surface area contributed by atoms with Crippen LogP contribution in [0, 0.1) is 12.7 Å². The molecule has 1 atom stereocenters. The van der Waals surface area contributed by atoms with Crippen molar-refractivity contribution >= 4 is 56.5 Å². The topological polar surface area (TPSA) is 83.4 Å². The van der Waals surface area contributed by atoms with Gasteiger partial charge in [-0.15, -0.1) is 10.2 Å². The lowest BCUT2D eigenvalue weighted by molar-refractivity contribution is -0.132. The Balaban J connectivity index is 1.38. The summed E-state index contributed by atoms with van der Waals surface area (Å²) < 4.78 is 15.1. The van der Waals surface area contributed by atoms with Gasteiger partial charge in [-0.1, -0.05) is 116 Å². The molecule has 0 aliphatic carbocycles. The normalized spacial score (nSPS) is 16.5. The van der Waals surface area contributed by atoms with Crippen molar-refractivity contribution in [3.05, 3.63) is 124 Å². The Kier molecular flexibility index (Phi) is 7.85. The average molecular weight is 610 g/mol. The van der Waals surface area contributed by atoms with Crippen LogP contribution in [0.25, 0.3) is 16.5 Å². The van der Waals surface area contributed by atoms with Gasteiger partial charge >= 0.3 is 5.91 Å². The molecule has 43 heavy (non-hydrogen) atoms. The van der Waals surface area contributed by atoms with Crippen molar-refractivity contribution in [2.24, 2.45) is 0 Å². The summed E-state index contributed by atoms with van der Waals surface area (Å²) in [5, 5.41) is 22.5. The first kappa shape index (κ1) is 28.8. The molecule has 1 fully saturated rings. The SMILES string of the molecule is Cc1ccc(/C(O)=C2\C(=O)C(=O)N(c3nnc(SCc4cccc5ccccc45)s3)C2c2ccc(C(C)C)cc2)cc1F. The van der Waals surface area contributed by atoms with Gasteiger partial charge < -0.3 is 5.11 Å². The van der Waals surface area contributed by atoms with Crippen molar-refractivity contribution in [1.29, 1.82) is 0 Å². The lowest BCUT2D eigenvalue weighted by atomic mass is 9.93. The molecule has 0 spiro atoms. The molecule has 5 aromatic rings. The van der Waals surface area contributed by atoms with Gasteiger partial charge in [-0.05, 0) is 51.9 Å². The molecule has 1 saturated heterocycles. The highest BCUT2D eigenvalue weighted by Crippen LogP contribution is 2.44. The van der Waals surface area contributed by atoms with Crippen molar-refractivity contribution in [1.82, 2.24) is 10.2 Å². The molecule has 1 aliphatic rings. The molecule has 0 bridgehead atoms. The molecule has 2 heterocycles. The molecule has 1 N–H and O–H groups in total. The van der Waals surface area contributed by atoms with Crippen LogP contribution >= 0.6 is 23.1 Å². The molecule has 6 nitrogen and oxygen atoms in total.